The van der Waals surface area contributed by atoms with Crippen molar-refractivity contribution in [1.29, 1.82) is 0 Å². The zero-order valence-electron chi connectivity index (χ0n) is 32.1. The van der Waals surface area contributed by atoms with Crippen molar-refractivity contribution in [2.45, 2.75) is 93.9 Å². The summed E-state index contributed by atoms with van der Waals surface area (Å²) in [6.45, 7) is 2.16. The van der Waals surface area contributed by atoms with Crippen LogP contribution in [0, 0.1) is 0 Å². The molecule has 1 amide bonds. The van der Waals surface area contributed by atoms with Gasteiger partial charge in [-0.2, -0.15) is 18.2 Å². The molecule has 2 aromatic heterocycles. The number of carboxylic acids is 1. The number of carboxylic acid groups (broad SMARTS) is 1. The molecule has 1 spiro atoms. The summed E-state index contributed by atoms with van der Waals surface area (Å²) in [5.74, 6) is -0.981. The predicted octanol–water partition coefficient (Wildman–Crippen LogP) is 7.61. The van der Waals surface area contributed by atoms with E-state index in [9.17, 15) is 27.9 Å². The largest absolute Gasteiger partial charge is 0.481 e. The number of carbonyl (C=O) groups is 2. The van der Waals surface area contributed by atoms with Crippen LogP contribution in [-0.2, 0) is 35.3 Å². The molecule has 11 nitrogen and oxygen atoms in total. The van der Waals surface area contributed by atoms with Gasteiger partial charge in [0.05, 0.1) is 30.5 Å². The molecular weight excluding hydrogens is 775 g/mol. The summed E-state index contributed by atoms with van der Waals surface area (Å²) in [6.07, 6.45) is -0.899. The molecule has 15 heteroatoms. The summed E-state index contributed by atoms with van der Waals surface area (Å²) < 4.78 is 61.6. The second kappa shape index (κ2) is 14.4. The van der Waals surface area contributed by atoms with E-state index in [2.05, 4.69) is 15.2 Å². The second-order valence-corrected chi connectivity index (χ2v) is 16.6. The number of aliphatic carboxylic acids is 1. The number of fused-ring (bicyclic) bond motifs is 3. The summed E-state index contributed by atoms with van der Waals surface area (Å²) in [4.78, 5) is 37.3. The minimum absolute atomic E-state index is 0.0258. The Hall–Kier alpha value is -4.92. The quantitative estimate of drug-likeness (QED) is 0.156. The van der Waals surface area contributed by atoms with Crippen molar-refractivity contribution in [1.82, 2.24) is 25.1 Å². The van der Waals surface area contributed by atoms with Gasteiger partial charge in [-0.15, -0.1) is 0 Å². The molecule has 4 aromatic rings. The van der Waals surface area contributed by atoms with Crippen molar-refractivity contribution in [3.63, 3.8) is 0 Å². The number of ether oxygens (including phenoxy) is 3. The molecule has 2 bridgehead atoms. The van der Waals surface area contributed by atoms with E-state index in [0.717, 1.165) is 53.4 Å². The third-order valence-electron chi connectivity index (χ3n) is 12.9. The van der Waals surface area contributed by atoms with Crippen LogP contribution < -0.4 is 19.5 Å². The van der Waals surface area contributed by atoms with Gasteiger partial charge in [0.1, 0.15) is 17.2 Å². The first-order valence-electron chi connectivity index (χ1n) is 19.6. The molecule has 5 aliphatic rings. The Morgan fingerprint density at radius 2 is 1.60 bits per heavy atom. The van der Waals surface area contributed by atoms with E-state index in [1.807, 2.05) is 48.5 Å². The maximum atomic E-state index is 14.7. The molecule has 304 valence electrons. The van der Waals surface area contributed by atoms with Crippen molar-refractivity contribution in [3.8, 4) is 40.0 Å². The van der Waals surface area contributed by atoms with Gasteiger partial charge in [-0.25, -0.2) is 4.98 Å². The lowest BCUT2D eigenvalue weighted by Crippen LogP contribution is -2.66. The van der Waals surface area contributed by atoms with Crippen LogP contribution in [0.2, 0.25) is 5.02 Å². The highest BCUT2D eigenvalue weighted by atomic mass is 35.5. The molecule has 0 radical (unpaired) electrons. The SMILES string of the molecule is COc1nc(-c2cccc(-c3cccc4c3CC[C@@H]4Oc3nc(OC)c(CN4C5CCC4(C(=O)O)CC5)cc3C(F)(F)F)c2Cl)ccc1CN1CC2(CCC(=O)N2)C1. The Bertz CT molecular complexity index is 2310. The normalized spacial score (nSPS) is 23.5. The van der Waals surface area contributed by atoms with Crippen LogP contribution in [0.15, 0.2) is 54.6 Å². The number of alkyl halides is 3. The number of nitrogens with one attached hydrogen (secondary N) is 1. The van der Waals surface area contributed by atoms with Crippen LogP contribution in [0.4, 0.5) is 13.2 Å². The van der Waals surface area contributed by atoms with Gasteiger partial charge in [-0.05, 0) is 73.8 Å². The molecular formula is C43H43ClF3N5O6. The van der Waals surface area contributed by atoms with Gasteiger partial charge in [-0.1, -0.05) is 54.1 Å². The highest BCUT2D eigenvalue weighted by Gasteiger charge is 2.57. The summed E-state index contributed by atoms with van der Waals surface area (Å²) >= 11 is 7.17. The fraction of sp³-hybridized carbons (Fsp3) is 0.442. The van der Waals surface area contributed by atoms with E-state index in [1.54, 1.807) is 12.0 Å². The Morgan fingerprint density at radius 1 is 0.897 bits per heavy atom. The monoisotopic (exact) mass is 817 g/mol. The van der Waals surface area contributed by atoms with Gasteiger partial charge in [0.15, 0.2) is 0 Å². The number of amides is 1. The average molecular weight is 818 g/mol. The van der Waals surface area contributed by atoms with Crippen LogP contribution in [0.25, 0.3) is 22.4 Å². The van der Waals surface area contributed by atoms with E-state index in [4.69, 9.17) is 30.8 Å². The zero-order chi connectivity index (χ0) is 40.6. The molecule has 6 heterocycles. The highest BCUT2D eigenvalue weighted by molar-refractivity contribution is 6.36. The standard InChI is InChI=1S/C43H43ClF3N5O6/c1-56-37-24(20-51-22-41(23-51)16-15-35(53)50-41)9-11-33(48-37)31-8-4-7-30(36(31)44)27-5-3-6-29-28(27)10-12-34(29)58-39-32(43(45,46)47)19-25(38(49-39)57-2)21-52-26-13-17-42(52,18-14-26)40(54)55/h3-9,11,19,26,34H,10,12-18,20-23H2,1-2H3,(H,50,53)(H,54,55)/t26?,34-,42?/m0/s1. The van der Waals surface area contributed by atoms with Gasteiger partial charge < -0.3 is 24.6 Å². The van der Waals surface area contributed by atoms with Crippen LogP contribution in [0.1, 0.15) is 78.9 Å². The number of aromatic nitrogens is 2. The highest BCUT2D eigenvalue weighted by Crippen LogP contribution is 2.50. The van der Waals surface area contributed by atoms with Crippen molar-refractivity contribution in [2.24, 2.45) is 0 Å². The number of likely N-dealkylation sites (tertiary alicyclic amines) is 1. The van der Waals surface area contributed by atoms with Gasteiger partial charge in [0.2, 0.25) is 23.5 Å². The smallest absolute Gasteiger partial charge is 0.421 e. The molecule has 1 atom stereocenters. The molecule has 58 heavy (non-hydrogen) atoms. The van der Waals surface area contributed by atoms with Crippen molar-refractivity contribution < 1.29 is 42.1 Å². The lowest BCUT2D eigenvalue weighted by atomic mass is 9.88. The van der Waals surface area contributed by atoms with E-state index in [-0.39, 0.29) is 35.5 Å². The number of halogens is 4. The number of hydrogen-bond donors (Lipinski definition) is 2. The Kier molecular flexibility index (Phi) is 9.59. The first-order chi connectivity index (χ1) is 27.8. The third-order valence-corrected chi connectivity index (χ3v) is 13.3. The number of methoxy groups -OCH3 is 2. The van der Waals surface area contributed by atoms with Gasteiger partial charge in [0, 0.05) is 60.9 Å². The third kappa shape index (κ3) is 6.53. The van der Waals surface area contributed by atoms with Crippen molar-refractivity contribution in [2.75, 3.05) is 27.3 Å². The lowest BCUT2D eigenvalue weighted by molar-refractivity contribution is -0.149. The van der Waals surface area contributed by atoms with Crippen LogP contribution in [0.5, 0.6) is 17.6 Å². The van der Waals surface area contributed by atoms with Gasteiger partial charge in [0.25, 0.3) is 0 Å². The van der Waals surface area contributed by atoms with E-state index in [1.165, 1.54) is 7.11 Å². The Morgan fingerprint density at radius 3 is 2.29 bits per heavy atom. The number of pyridine rings is 2. The first kappa shape index (κ1) is 38.6. The van der Waals surface area contributed by atoms with Gasteiger partial charge >= 0.3 is 12.1 Å². The Balaban J connectivity index is 0.971. The van der Waals surface area contributed by atoms with Crippen molar-refractivity contribution >= 4 is 23.5 Å². The summed E-state index contributed by atoms with van der Waals surface area (Å²) in [6, 6.07) is 16.2. The molecule has 4 aliphatic heterocycles. The lowest BCUT2D eigenvalue weighted by Gasteiger charge is -2.48. The fourth-order valence-electron chi connectivity index (χ4n) is 10.1. The summed E-state index contributed by atoms with van der Waals surface area (Å²) in [5, 5.41) is 13.7. The average Bonchev–Trinajstić information content (AvgIpc) is 3.97. The molecule has 0 saturated carbocycles. The van der Waals surface area contributed by atoms with Crippen LogP contribution in [-0.4, -0.2) is 81.2 Å². The molecule has 2 N–H and O–H groups in total. The molecule has 4 saturated heterocycles. The second-order valence-electron chi connectivity index (χ2n) is 16.2. The first-order valence-corrected chi connectivity index (χ1v) is 20.0. The fourth-order valence-corrected chi connectivity index (χ4v) is 10.4. The van der Waals surface area contributed by atoms with Gasteiger partial charge in [-0.3, -0.25) is 19.4 Å². The maximum absolute atomic E-state index is 14.7. The van der Waals surface area contributed by atoms with E-state index < -0.39 is 35.2 Å². The topological polar surface area (TPSA) is 126 Å². The molecule has 1 aliphatic carbocycles. The van der Waals surface area contributed by atoms with Crippen molar-refractivity contribution in [3.05, 3.63) is 87.4 Å². The van der Waals surface area contributed by atoms with E-state index in [0.29, 0.717) is 73.7 Å². The number of benzene rings is 2. The predicted molar refractivity (Wildman–Crippen MR) is 208 cm³/mol. The van der Waals surface area contributed by atoms with E-state index >= 15 is 0 Å². The Labute approximate surface area is 338 Å². The number of nitrogens with zero attached hydrogens (tertiary/aromatic N) is 4. The van der Waals surface area contributed by atoms with Crippen LogP contribution in [0.3, 0.4) is 0 Å². The molecule has 9 rings (SSSR count). The van der Waals surface area contributed by atoms with Crippen LogP contribution >= 0.6 is 11.6 Å². The molecule has 4 fully saturated rings. The number of hydrogen-bond acceptors (Lipinski definition) is 9. The number of carbonyl (C=O) groups excluding carboxylic acids is 1. The zero-order valence-corrected chi connectivity index (χ0v) is 32.9. The minimum Gasteiger partial charge on any atom is -0.481 e. The minimum atomic E-state index is -4.80. The number of rotatable bonds is 11. The molecule has 2 aromatic carbocycles. The molecule has 0 unspecified atom stereocenters. The maximum Gasteiger partial charge on any atom is 0.421 e. The summed E-state index contributed by atoms with van der Waals surface area (Å²) in [7, 11) is 2.92. The summed E-state index contributed by atoms with van der Waals surface area (Å²) in [5.41, 5.74) is 3.40.